The molecule has 0 fully saturated rings. The van der Waals surface area contributed by atoms with Gasteiger partial charge in [0.05, 0.1) is 12.8 Å². The summed E-state index contributed by atoms with van der Waals surface area (Å²) in [7, 11) is 2.95. The summed E-state index contributed by atoms with van der Waals surface area (Å²) >= 11 is 0. The maximum Gasteiger partial charge on any atom is 0.326 e. The van der Waals surface area contributed by atoms with Gasteiger partial charge in [-0.2, -0.15) is 0 Å². The first kappa shape index (κ1) is 14.8. The highest BCUT2D eigenvalue weighted by atomic mass is 16.5. The molecule has 2 N–H and O–H groups in total. The summed E-state index contributed by atoms with van der Waals surface area (Å²) in [5.41, 5.74) is 0.502. The highest BCUT2D eigenvalue weighted by molar-refractivity contribution is 5.93. The minimum absolute atomic E-state index is 0.338. The number of carboxylic acid groups (broad SMARTS) is 1. The molecule has 0 radical (unpaired) electrons. The molecule has 0 aromatic heterocycles. The number of ether oxygens (including phenoxy) is 1. The van der Waals surface area contributed by atoms with Crippen molar-refractivity contribution in [1.82, 2.24) is 4.90 Å². The van der Waals surface area contributed by atoms with Crippen molar-refractivity contribution < 1.29 is 19.4 Å². The van der Waals surface area contributed by atoms with Crippen molar-refractivity contribution in [2.24, 2.45) is 0 Å². The second kappa shape index (κ2) is 6.63. The second-order valence-electron chi connectivity index (χ2n) is 4.00. The number of benzene rings is 1. The SMILES string of the molecule is CCC(C(=O)O)N(C)C(=O)Nc1ccccc1OC. The van der Waals surface area contributed by atoms with Crippen molar-refractivity contribution in [1.29, 1.82) is 0 Å². The van der Waals surface area contributed by atoms with E-state index < -0.39 is 18.0 Å². The van der Waals surface area contributed by atoms with Gasteiger partial charge in [-0.1, -0.05) is 19.1 Å². The molecule has 104 valence electrons. The van der Waals surface area contributed by atoms with Crippen LogP contribution < -0.4 is 10.1 Å². The molecule has 1 unspecified atom stereocenters. The number of carbonyl (C=O) groups excluding carboxylic acids is 1. The number of hydrogen-bond donors (Lipinski definition) is 2. The Labute approximate surface area is 112 Å². The van der Waals surface area contributed by atoms with Crippen LogP contribution in [-0.4, -0.2) is 42.2 Å². The van der Waals surface area contributed by atoms with Gasteiger partial charge in [-0.05, 0) is 18.6 Å². The van der Waals surface area contributed by atoms with Crippen LogP contribution in [0.3, 0.4) is 0 Å². The number of amides is 2. The number of carboxylic acids is 1. The van der Waals surface area contributed by atoms with Gasteiger partial charge in [0.15, 0.2) is 0 Å². The Morgan fingerprint density at radius 1 is 1.42 bits per heavy atom. The number of rotatable bonds is 5. The lowest BCUT2D eigenvalue weighted by Gasteiger charge is -2.24. The van der Waals surface area contributed by atoms with Gasteiger partial charge in [0.1, 0.15) is 11.8 Å². The molecule has 6 heteroatoms. The number of likely N-dealkylation sites (N-methyl/N-ethyl adjacent to an activating group) is 1. The molecule has 1 aromatic rings. The third-order valence-corrected chi connectivity index (χ3v) is 2.81. The van der Waals surface area contributed by atoms with E-state index in [0.29, 0.717) is 17.9 Å². The fourth-order valence-corrected chi connectivity index (χ4v) is 1.71. The number of para-hydroxylation sites is 2. The molecule has 19 heavy (non-hydrogen) atoms. The average Bonchev–Trinajstić information content (AvgIpc) is 2.39. The van der Waals surface area contributed by atoms with Crippen molar-refractivity contribution in [3.63, 3.8) is 0 Å². The van der Waals surface area contributed by atoms with E-state index >= 15 is 0 Å². The molecule has 1 rings (SSSR count). The zero-order valence-electron chi connectivity index (χ0n) is 11.2. The van der Waals surface area contributed by atoms with E-state index in [0.717, 1.165) is 4.90 Å². The molecule has 6 nitrogen and oxygen atoms in total. The number of anilines is 1. The summed E-state index contributed by atoms with van der Waals surface area (Å²) < 4.78 is 5.11. The van der Waals surface area contributed by atoms with Crippen LogP contribution in [0, 0.1) is 0 Å². The third kappa shape index (κ3) is 3.61. The summed E-state index contributed by atoms with van der Waals surface area (Å²) in [6, 6.07) is 5.60. The molecule has 0 spiro atoms. The topological polar surface area (TPSA) is 78.9 Å². The lowest BCUT2D eigenvalue weighted by atomic mass is 10.2. The monoisotopic (exact) mass is 266 g/mol. The van der Waals surface area contributed by atoms with E-state index in [1.54, 1.807) is 31.2 Å². The third-order valence-electron chi connectivity index (χ3n) is 2.81. The van der Waals surface area contributed by atoms with Crippen LogP contribution in [0.2, 0.25) is 0 Å². The Balaban J connectivity index is 2.81. The second-order valence-corrected chi connectivity index (χ2v) is 4.00. The Bertz CT molecular complexity index is 462. The summed E-state index contributed by atoms with van der Waals surface area (Å²) in [6.45, 7) is 1.71. The Morgan fingerprint density at radius 3 is 2.58 bits per heavy atom. The molecule has 1 atom stereocenters. The van der Waals surface area contributed by atoms with E-state index in [1.807, 2.05) is 0 Å². The first-order valence-electron chi connectivity index (χ1n) is 5.90. The lowest BCUT2D eigenvalue weighted by Crippen LogP contribution is -2.44. The highest BCUT2D eigenvalue weighted by Crippen LogP contribution is 2.23. The van der Waals surface area contributed by atoms with Gasteiger partial charge in [-0.25, -0.2) is 9.59 Å². The van der Waals surface area contributed by atoms with Crippen LogP contribution in [-0.2, 0) is 4.79 Å². The standard InChI is InChI=1S/C13H18N2O4/c1-4-10(12(16)17)15(2)13(18)14-9-7-5-6-8-11(9)19-3/h5-8,10H,4H2,1-3H3,(H,14,18)(H,16,17). The minimum Gasteiger partial charge on any atom is -0.495 e. The molecule has 2 amide bonds. The van der Waals surface area contributed by atoms with Crippen molar-refractivity contribution in [2.45, 2.75) is 19.4 Å². The van der Waals surface area contributed by atoms with Crippen LogP contribution in [0.1, 0.15) is 13.3 Å². The van der Waals surface area contributed by atoms with Crippen LogP contribution in [0.25, 0.3) is 0 Å². The Morgan fingerprint density at radius 2 is 2.05 bits per heavy atom. The van der Waals surface area contributed by atoms with Crippen molar-refractivity contribution in [3.8, 4) is 5.75 Å². The molecule has 0 aliphatic carbocycles. The van der Waals surface area contributed by atoms with E-state index in [1.165, 1.54) is 14.2 Å². The quantitative estimate of drug-likeness (QED) is 0.854. The normalized spacial score (nSPS) is 11.5. The number of urea groups is 1. The lowest BCUT2D eigenvalue weighted by molar-refractivity contribution is -0.141. The number of nitrogens with one attached hydrogen (secondary N) is 1. The van der Waals surface area contributed by atoms with Gasteiger partial charge < -0.3 is 20.1 Å². The van der Waals surface area contributed by atoms with Gasteiger partial charge in [0.25, 0.3) is 0 Å². The minimum atomic E-state index is -1.03. The summed E-state index contributed by atoms with van der Waals surface area (Å²) in [4.78, 5) is 24.1. The predicted octanol–water partition coefficient (Wildman–Crippen LogP) is 2.02. The largest absolute Gasteiger partial charge is 0.495 e. The zero-order valence-corrected chi connectivity index (χ0v) is 11.2. The number of aliphatic carboxylic acids is 1. The van der Waals surface area contributed by atoms with Crippen molar-refractivity contribution >= 4 is 17.7 Å². The van der Waals surface area contributed by atoms with Gasteiger partial charge >= 0.3 is 12.0 Å². The Kier molecular flexibility index (Phi) is 5.17. The summed E-state index contributed by atoms with van der Waals surface area (Å²) in [5, 5.41) is 11.6. The molecule has 1 aromatic carbocycles. The van der Waals surface area contributed by atoms with Gasteiger partial charge in [-0.3, -0.25) is 0 Å². The molecule has 0 aliphatic rings. The number of hydrogen-bond acceptors (Lipinski definition) is 3. The first-order valence-corrected chi connectivity index (χ1v) is 5.90. The zero-order chi connectivity index (χ0) is 14.4. The number of methoxy groups -OCH3 is 1. The average molecular weight is 266 g/mol. The van der Waals surface area contributed by atoms with E-state index in [2.05, 4.69) is 5.32 Å². The fourth-order valence-electron chi connectivity index (χ4n) is 1.71. The highest BCUT2D eigenvalue weighted by Gasteiger charge is 2.25. The van der Waals surface area contributed by atoms with E-state index in [4.69, 9.17) is 9.84 Å². The summed E-state index contributed by atoms with van der Waals surface area (Å²) in [5.74, 6) is -0.507. The Hall–Kier alpha value is -2.24. The maximum atomic E-state index is 12.0. The van der Waals surface area contributed by atoms with Crippen LogP contribution in [0.4, 0.5) is 10.5 Å². The molecular weight excluding hydrogens is 248 g/mol. The van der Waals surface area contributed by atoms with Crippen LogP contribution >= 0.6 is 0 Å². The van der Waals surface area contributed by atoms with E-state index in [9.17, 15) is 9.59 Å². The van der Waals surface area contributed by atoms with Gasteiger partial charge in [-0.15, -0.1) is 0 Å². The molecule has 0 heterocycles. The molecule has 0 saturated heterocycles. The van der Waals surface area contributed by atoms with Crippen LogP contribution in [0.5, 0.6) is 5.75 Å². The maximum absolute atomic E-state index is 12.0. The smallest absolute Gasteiger partial charge is 0.326 e. The first-order chi connectivity index (χ1) is 9.01. The van der Waals surface area contributed by atoms with Gasteiger partial charge in [0.2, 0.25) is 0 Å². The number of carbonyl (C=O) groups is 2. The van der Waals surface area contributed by atoms with Gasteiger partial charge in [0, 0.05) is 7.05 Å². The van der Waals surface area contributed by atoms with Crippen LogP contribution in [0.15, 0.2) is 24.3 Å². The fraction of sp³-hybridized carbons (Fsp3) is 0.385. The predicted molar refractivity (Wildman–Crippen MR) is 71.5 cm³/mol. The van der Waals surface area contributed by atoms with Crippen molar-refractivity contribution in [2.75, 3.05) is 19.5 Å². The molecular formula is C13H18N2O4. The van der Waals surface area contributed by atoms with Crippen molar-refractivity contribution in [3.05, 3.63) is 24.3 Å². The molecule has 0 saturated carbocycles. The van der Waals surface area contributed by atoms with E-state index in [-0.39, 0.29) is 0 Å². The number of nitrogens with zero attached hydrogens (tertiary/aromatic N) is 1. The molecule has 0 bridgehead atoms. The molecule has 0 aliphatic heterocycles. The summed E-state index contributed by atoms with van der Waals surface area (Å²) in [6.07, 6.45) is 0.338.